The van der Waals surface area contributed by atoms with Crippen LogP contribution in [0.1, 0.15) is 54.1 Å². The van der Waals surface area contributed by atoms with Crippen molar-refractivity contribution in [2.24, 2.45) is 9.98 Å². The first-order valence-corrected chi connectivity index (χ1v) is 13.4. The van der Waals surface area contributed by atoms with Crippen LogP contribution in [-0.2, 0) is 26.3 Å². The van der Waals surface area contributed by atoms with Gasteiger partial charge in [-0.05, 0) is 58.7 Å². The molecule has 0 N–H and O–H groups in total. The van der Waals surface area contributed by atoms with Gasteiger partial charge in [0.2, 0.25) is 0 Å². The van der Waals surface area contributed by atoms with E-state index in [9.17, 15) is 9.59 Å². The van der Waals surface area contributed by atoms with Crippen LogP contribution in [-0.4, -0.2) is 39.2 Å². The van der Waals surface area contributed by atoms with Crippen molar-refractivity contribution in [2.75, 3.05) is 14.2 Å². The van der Waals surface area contributed by atoms with Gasteiger partial charge in [-0.2, -0.15) is 0 Å². The minimum absolute atomic E-state index is 0.405. The molecule has 2 aliphatic rings. The number of ether oxygens (including phenoxy) is 4. The molecule has 8 heteroatoms. The molecule has 0 aromatic heterocycles. The number of aliphatic imine (C=N–C) groups is 2. The summed E-state index contributed by atoms with van der Waals surface area (Å²) >= 11 is 0. The number of nitrogens with zero attached hydrogens (tertiary/aromatic N) is 2. The third kappa shape index (κ3) is 6.39. The van der Waals surface area contributed by atoms with E-state index in [0.717, 1.165) is 47.9 Å². The van der Waals surface area contributed by atoms with E-state index in [1.165, 1.54) is 11.1 Å². The number of carbonyl (C=O) groups excluding carboxylic acids is 2. The van der Waals surface area contributed by atoms with Gasteiger partial charge in [0, 0.05) is 23.6 Å². The quantitative estimate of drug-likeness (QED) is 0.219. The Labute approximate surface area is 244 Å². The van der Waals surface area contributed by atoms with E-state index >= 15 is 0 Å². The molecule has 6 rings (SSSR count). The highest BCUT2D eigenvalue weighted by Crippen LogP contribution is 2.27. The van der Waals surface area contributed by atoms with Crippen molar-refractivity contribution in [1.82, 2.24) is 0 Å². The van der Waals surface area contributed by atoms with Crippen LogP contribution in [0.4, 0.5) is 0 Å². The fourth-order valence-electron chi connectivity index (χ4n) is 4.73. The molecule has 4 aromatic rings. The van der Waals surface area contributed by atoms with E-state index < -0.39 is 0 Å². The van der Waals surface area contributed by atoms with Gasteiger partial charge in [-0.15, -0.1) is 0 Å². The summed E-state index contributed by atoms with van der Waals surface area (Å²) < 4.78 is 21.8. The molecule has 2 aliphatic heterocycles. The van der Waals surface area contributed by atoms with Gasteiger partial charge in [0.25, 0.3) is 0 Å². The number of hydrogen-bond donors (Lipinski definition) is 0. The molecule has 0 spiro atoms. The van der Waals surface area contributed by atoms with Gasteiger partial charge in [-0.1, -0.05) is 36.4 Å². The highest BCUT2D eigenvalue weighted by Gasteiger charge is 2.13. The molecule has 0 radical (unpaired) electrons. The first-order chi connectivity index (χ1) is 20.6. The number of hydrogen-bond acceptors (Lipinski definition) is 8. The predicted octanol–water partition coefficient (Wildman–Crippen LogP) is 6.04. The Morgan fingerprint density at radius 3 is 1.50 bits per heavy atom. The maximum absolute atomic E-state index is 11.1. The summed E-state index contributed by atoms with van der Waals surface area (Å²) in [5.74, 6) is 2.38. The van der Waals surface area contributed by atoms with Crippen molar-refractivity contribution in [3.63, 3.8) is 0 Å². The fourth-order valence-corrected chi connectivity index (χ4v) is 4.73. The van der Waals surface area contributed by atoms with Crippen LogP contribution in [0.5, 0.6) is 23.0 Å². The maximum atomic E-state index is 11.1. The lowest BCUT2D eigenvalue weighted by Crippen LogP contribution is -2.02. The van der Waals surface area contributed by atoms with Gasteiger partial charge in [-0.25, -0.2) is 0 Å². The SMILES string of the molecule is COc1ccc(OCc2cccc3c2C=NC3)c(C=O)c1.COc1ccc(OCc2cccc3c2C=NC3)c(C=O)c1. The van der Waals surface area contributed by atoms with E-state index in [1.807, 2.05) is 36.7 Å². The standard InChI is InChI=1S/2C17H15NO3/c2*1-20-15-5-6-17(14(7-15)10-19)21-11-13-4-2-3-12-8-18-9-16(12)13/h2*2-7,9-10H,8,11H2,1H3. The molecule has 212 valence electrons. The van der Waals surface area contributed by atoms with E-state index in [-0.39, 0.29) is 0 Å². The fraction of sp³-hybridized carbons (Fsp3) is 0.176. The second kappa shape index (κ2) is 13.4. The van der Waals surface area contributed by atoms with Crippen molar-refractivity contribution in [3.05, 3.63) is 117 Å². The third-order valence-corrected chi connectivity index (χ3v) is 6.99. The minimum Gasteiger partial charge on any atom is -0.497 e. The Balaban J connectivity index is 0.000000168. The number of methoxy groups -OCH3 is 2. The Kier molecular flexibility index (Phi) is 9.03. The zero-order valence-electron chi connectivity index (χ0n) is 23.4. The molecular formula is C34H30N2O6. The monoisotopic (exact) mass is 562 g/mol. The predicted molar refractivity (Wildman–Crippen MR) is 161 cm³/mol. The summed E-state index contributed by atoms with van der Waals surface area (Å²) in [7, 11) is 3.13. The van der Waals surface area contributed by atoms with E-state index in [1.54, 1.807) is 50.6 Å². The average Bonchev–Trinajstić information content (AvgIpc) is 3.73. The topological polar surface area (TPSA) is 95.8 Å². The summed E-state index contributed by atoms with van der Waals surface area (Å²) in [5, 5.41) is 0. The second-order valence-electron chi connectivity index (χ2n) is 9.54. The first kappa shape index (κ1) is 28.3. The Hall–Kier alpha value is -5.24. The summed E-state index contributed by atoms with van der Waals surface area (Å²) in [6, 6.07) is 22.5. The van der Waals surface area contributed by atoms with Crippen LogP contribution in [0.2, 0.25) is 0 Å². The highest BCUT2D eigenvalue weighted by molar-refractivity contribution is 5.87. The van der Waals surface area contributed by atoms with Crippen LogP contribution in [0, 0.1) is 0 Å². The number of aldehydes is 2. The van der Waals surface area contributed by atoms with Crippen molar-refractivity contribution in [3.8, 4) is 23.0 Å². The Morgan fingerprint density at radius 2 is 1.10 bits per heavy atom. The summed E-state index contributed by atoms with van der Waals surface area (Å²) in [6.45, 7) is 2.27. The molecule has 2 heterocycles. The smallest absolute Gasteiger partial charge is 0.153 e. The molecule has 42 heavy (non-hydrogen) atoms. The van der Waals surface area contributed by atoms with E-state index in [0.29, 0.717) is 47.3 Å². The Bertz CT molecular complexity index is 1540. The van der Waals surface area contributed by atoms with Gasteiger partial charge in [0.1, 0.15) is 36.2 Å². The molecule has 0 atom stereocenters. The number of carbonyl (C=O) groups is 2. The first-order valence-electron chi connectivity index (χ1n) is 13.4. The van der Waals surface area contributed by atoms with Crippen molar-refractivity contribution in [1.29, 1.82) is 0 Å². The molecule has 0 bridgehead atoms. The summed E-state index contributed by atoms with van der Waals surface area (Å²) in [5.41, 5.74) is 7.77. The molecule has 4 aromatic carbocycles. The lowest BCUT2D eigenvalue weighted by molar-refractivity contribution is 0.111. The van der Waals surface area contributed by atoms with Crippen LogP contribution >= 0.6 is 0 Å². The Morgan fingerprint density at radius 1 is 0.643 bits per heavy atom. The van der Waals surface area contributed by atoms with Crippen molar-refractivity contribution < 1.29 is 28.5 Å². The molecule has 0 aliphatic carbocycles. The lowest BCUT2D eigenvalue weighted by atomic mass is 10.0. The lowest BCUT2D eigenvalue weighted by Gasteiger charge is -2.11. The molecule has 0 fully saturated rings. The van der Waals surface area contributed by atoms with Gasteiger partial charge in [0.15, 0.2) is 12.6 Å². The largest absolute Gasteiger partial charge is 0.497 e. The molecule has 8 nitrogen and oxygen atoms in total. The van der Waals surface area contributed by atoms with Gasteiger partial charge in [0.05, 0.1) is 38.4 Å². The second-order valence-corrected chi connectivity index (χ2v) is 9.54. The van der Waals surface area contributed by atoms with Crippen LogP contribution in [0.3, 0.4) is 0 Å². The van der Waals surface area contributed by atoms with Gasteiger partial charge < -0.3 is 18.9 Å². The molecule has 0 unspecified atom stereocenters. The van der Waals surface area contributed by atoms with Crippen LogP contribution in [0.15, 0.2) is 82.8 Å². The van der Waals surface area contributed by atoms with Crippen molar-refractivity contribution in [2.45, 2.75) is 26.3 Å². The third-order valence-electron chi connectivity index (χ3n) is 6.99. The van der Waals surface area contributed by atoms with Crippen molar-refractivity contribution >= 4 is 25.0 Å². The average molecular weight is 563 g/mol. The molecule has 0 saturated carbocycles. The van der Waals surface area contributed by atoms with E-state index in [4.69, 9.17) is 18.9 Å². The number of benzene rings is 4. The summed E-state index contributed by atoms with van der Waals surface area (Å²) in [4.78, 5) is 30.8. The van der Waals surface area contributed by atoms with Crippen LogP contribution < -0.4 is 18.9 Å². The zero-order valence-corrected chi connectivity index (χ0v) is 23.4. The number of rotatable bonds is 10. The maximum Gasteiger partial charge on any atom is 0.153 e. The van der Waals surface area contributed by atoms with Gasteiger partial charge >= 0.3 is 0 Å². The van der Waals surface area contributed by atoms with Gasteiger partial charge in [-0.3, -0.25) is 19.6 Å². The molecule has 0 amide bonds. The zero-order chi connectivity index (χ0) is 29.3. The molecular weight excluding hydrogens is 532 g/mol. The highest BCUT2D eigenvalue weighted by atomic mass is 16.5. The van der Waals surface area contributed by atoms with E-state index in [2.05, 4.69) is 22.1 Å². The summed E-state index contributed by atoms with van der Waals surface area (Å²) in [6.07, 6.45) is 5.30. The normalized spacial score (nSPS) is 12.0. The number of fused-ring (bicyclic) bond motifs is 2. The minimum atomic E-state index is 0.405. The van der Waals surface area contributed by atoms with Crippen LogP contribution in [0.25, 0.3) is 0 Å². The molecule has 0 saturated heterocycles.